The zero-order valence-electron chi connectivity index (χ0n) is 13.4. The van der Waals surface area contributed by atoms with E-state index in [0.29, 0.717) is 32.5 Å². The number of carbonyl (C=O) groups excluding carboxylic acids is 3. The van der Waals surface area contributed by atoms with Crippen molar-refractivity contribution in [2.24, 2.45) is 5.92 Å². The van der Waals surface area contributed by atoms with Crippen LogP contribution in [0.2, 0.25) is 0 Å². The lowest BCUT2D eigenvalue weighted by Gasteiger charge is -2.34. The Kier molecular flexibility index (Phi) is 7.36. The van der Waals surface area contributed by atoms with Crippen LogP contribution in [0.1, 0.15) is 33.6 Å². The lowest BCUT2D eigenvalue weighted by atomic mass is 10.2. The summed E-state index contributed by atoms with van der Waals surface area (Å²) in [5.41, 5.74) is 0. The summed E-state index contributed by atoms with van der Waals surface area (Å²) >= 11 is 0. The molecular formula is C15H27N3O3. The molecule has 120 valence electrons. The summed E-state index contributed by atoms with van der Waals surface area (Å²) in [5.74, 6) is 0.217. The zero-order chi connectivity index (χ0) is 15.8. The highest BCUT2D eigenvalue weighted by atomic mass is 16.2. The van der Waals surface area contributed by atoms with Gasteiger partial charge in [0.05, 0.1) is 0 Å². The first kappa shape index (κ1) is 17.6. The van der Waals surface area contributed by atoms with Crippen molar-refractivity contribution in [3.05, 3.63) is 0 Å². The van der Waals surface area contributed by atoms with E-state index >= 15 is 0 Å². The molecule has 21 heavy (non-hydrogen) atoms. The van der Waals surface area contributed by atoms with Gasteiger partial charge >= 0.3 is 0 Å². The van der Waals surface area contributed by atoms with Crippen molar-refractivity contribution < 1.29 is 14.4 Å². The van der Waals surface area contributed by atoms with Crippen LogP contribution >= 0.6 is 0 Å². The minimum atomic E-state index is 0.0146. The van der Waals surface area contributed by atoms with Crippen LogP contribution in [0.25, 0.3) is 0 Å². The van der Waals surface area contributed by atoms with E-state index in [1.807, 2.05) is 18.7 Å². The molecule has 0 aromatic heterocycles. The van der Waals surface area contributed by atoms with Crippen molar-refractivity contribution in [2.75, 3.05) is 39.3 Å². The first-order valence-electron chi connectivity index (χ1n) is 7.67. The number of hydrogen-bond donors (Lipinski definition) is 1. The van der Waals surface area contributed by atoms with E-state index in [1.54, 1.807) is 0 Å². The standard InChI is InChI=1S/C15H27N3O3/c1-12(2)15(21)16-6-7-17-8-10-18(11-9-17)14(20)5-4-13(3)19/h12H,4-11H2,1-3H3,(H,16,21). The van der Waals surface area contributed by atoms with Crippen LogP contribution in [0, 0.1) is 5.92 Å². The molecule has 6 nitrogen and oxygen atoms in total. The largest absolute Gasteiger partial charge is 0.355 e. The molecule has 0 unspecified atom stereocenters. The van der Waals surface area contributed by atoms with Crippen LogP contribution in [0.3, 0.4) is 0 Å². The fourth-order valence-corrected chi connectivity index (χ4v) is 2.20. The molecule has 0 aliphatic carbocycles. The third-order valence-electron chi connectivity index (χ3n) is 3.67. The maximum atomic E-state index is 11.9. The highest BCUT2D eigenvalue weighted by Gasteiger charge is 2.20. The Bertz CT molecular complexity index is 374. The lowest BCUT2D eigenvalue weighted by molar-refractivity contribution is -0.134. The molecule has 1 heterocycles. The number of piperazine rings is 1. The molecule has 1 rings (SSSR count). The molecule has 0 atom stereocenters. The van der Waals surface area contributed by atoms with Crippen molar-refractivity contribution in [1.29, 1.82) is 0 Å². The van der Waals surface area contributed by atoms with Gasteiger partial charge < -0.3 is 15.0 Å². The Hall–Kier alpha value is -1.43. The first-order valence-corrected chi connectivity index (χ1v) is 7.67. The number of rotatable bonds is 7. The molecule has 0 radical (unpaired) electrons. The molecule has 1 saturated heterocycles. The molecule has 2 amide bonds. The Labute approximate surface area is 126 Å². The van der Waals surface area contributed by atoms with Crippen molar-refractivity contribution in [3.63, 3.8) is 0 Å². The number of amides is 2. The summed E-state index contributed by atoms with van der Waals surface area (Å²) < 4.78 is 0. The van der Waals surface area contributed by atoms with Crippen LogP contribution < -0.4 is 5.32 Å². The van der Waals surface area contributed by atoms with Crippen LogP contribution in [-0.2, 0) is 14.4 Å². The van der Waals surface area contributed by atoms with Crippen LogP contribution in [0.4, 0.5) is 0 Å². The van der Waals surface area contributed by atoms with E-state index in [-0.39, 0.29) is 23.5 Å². The van der Waals surface area contributed by atoms with Crippen LogP contribution in [0.15, 0.2) is 0 Å². The van der Waals surface area contributed by atoms with E-state index in [2.05, 4.69) is 10.2 Å². The van der Waals surface area contributed by atoms with Gasteiger partial charge in [-0.3, -0.25) is 14.5 Å². The molecule has 0 aromatic carbocycles. The number of ketones is 1. The van der Waals surface area contributed by atoms with Gasteiger partial charge in [0, 0.05) is 58.0 Å². The Morgan fingerprint density at radius 2 is 1.67 bits per heavy atom. The quantitative estimate of drug-likeness (QED) is 0.732. The normalized spacial score (nSPS) is 16.1. The van der Waals surface area contributed by atoms with Gasteiger partial charge in [0.2, 0.25) is 11.8 Å². The van der Waals surface area contributed by atoms with Gasteiger partial charge in [0.25, 0.3) is 0 Å². The van der Waals surface area contributed by atoms with Gasteiger partial charge in [-0.15, -0.1) is 0 Å². The summed E-state index contributed by atoms with van der Waals surface area (Å²) in [4.78, 5) is 38.3. The number of nitrogens with zero attached hydrogens (tertiary/aromatic N) is 2. The zero-order valence-corrected chi connectivity index (χ0v) is 13.4. The van der Waals surface area contributed by atoms with Crippen molar-refractivity contribution in [3.8, 4) is 0 Å². The number of nitrogens with one attached hydrogen (secondary N) is 1. The molecule has 0 aromatic rings. The predicted molar refractivity (Wildman–Crippen MR) is 80.8 cm³/mol. The number of hydrogen-bond acceptors (Lipinski definition) is 4. The second-order valence-corrected chi connectivity index (χ2v) is 5.87. The third-order valence-corrected chi connectivity index (χ3v) is 3.67. The predicted octanol–water partition coefficient (Wildman–Crippen LogP) is 0.272. The SMILES string of the molecule is CC(=O)CCC(=O)N1CCN(CCNC(=O)C(C)C)CC1. The topological polar surface area (TPSA) is 69.7 Å². The molecule has 0 bridgehead atoms. The Morgan fingerprint density at radius 1 is 1.05 bits per heavy atom. The smallest absolute Gasteiger partial charge is 0.223 e. The van der Waals surface area contributed by atoms with E-state index in [4.69, 9.17) is 0 Å². The molecular weight excluding hydrogens is 270 g/mol. The second-order valence-electron chi connectivity index (χ2n) is 5.87. The molecule has 6 heteroatoms. The Morgan fingerprint density at radius 3 is 2.19 bits per heavy atom. The van der Waals surface area contributed by atoms with Crippen LogP contribution in [-0.4, -0.2) is 66.7 Å². The highest BCUT2D eigenvalue weighted by Crippen LogP contribution is 2.05. The van der Waals surface area contributed by atoms with E-state index in [1.165, 1.54) is 6.92 Å². The van der Waals surface area contributed by atoms with Crippen molar-refractivity contribution in [2.45, 2.75) is 33.6 Å². The summed E-state index contributed by atoms with van der Waals surface area (Å²) in [5, 5.41) is 2.90. The average Bonchev–Trinajstić information content (AvgIpc) is 2.45. The lowest BCUT2D eigenvalue weighted by Crippen LogP contribution is -2.50. The minimum absolute atomic E-state index is 0.0146. The van der Waals surface area contributed by atoms with Gasteiger partial charge in [0.15, 0.2) is 0 Å². The van der Waals surface area contributed by atoms with Gasteiger partial charge in [-0.25, -0.2) is 0 Å². The maximum absolute atomic E-state index is 11.9. The number of Topliss-reactive ketones (excluding diaryl/α,β-unsaturated/α-hetero) is 1. The third kappa shape index (κ3) is 6.71. The average molecular weight is 297 g/mol. The van der Waals surface area contributed by atoms with Crippen LogP contribution in [0.5, 0.6) is 0 Å². The summed E-state index contributed by atoms with van der Waals surface area (Å²) in [6, 6.07) is 0. The van der Waals surface area contributed by atoms with E-state index < -0.39 is 0 Å². The summed E-state index contributed by atoms with van der Waals surface area (Å²) in [6.45, 7) is 9.78. The second kappa shape index (κ2) is 8.77. The maximum Gasteiger partial charge on any atom is 0.223 e. The van der Waals surface area contributed by atoms with Crippen molar-refractivity contribution in [1.82, 2.24) is 15.1 Å². The molecule has 0 spiro atoms. The van der Waals surface area contributed by atoms with Gasteiger partial charge in [0.1, 0.15) is 5.78 Å². The fraction of sp³-hybridized carbons (Fsp3) is 0.800. The Balaban J connectivity index is 2.18. The first-order chi connectivity index (χ1) is 9.90. The molecule has 0 saturated carbocycles. The monoisotopic (exact) mass is 297 g/mol. The van der Waals surface area contributed by atoms with Gasteiger partial charge in [-0.1, -0.05) is 13.8 Å². The summed E-state index contributed by atoms with van der Waals surface area (Å²) in [7, 11) is 0. The van der Waals surface area contributed by atoms with Gasteiger partial charge in [-0.2, -0.15) is 0 Å². The van der Waals surface area contributed by atoms with Crippen molar-refractivity contribution >= 4 is 17.6 Å². The molecule has 1 aliphatic heterocycles. The molecule has 1 aliphatic rings. The molecule has 1 N–H and O–H groups in total. The highest BCUT2D eigenvalue weighted by molar-refractivity contribution is 5.83. The van der Waals surface area contributed by atoms with E-state index in [0.717, 1.165) is 19.6 Å². The van der Waals surface area contributed by atoms with Gasteiger partial charge in [-0.05, 0) is 6.92 Å². The molecule has 1 fully saturated rings. The summed E-state index contributed by atoms with van der Waals surface area (Å²) in [6.07, 6.45) is 0.653. The number of carbonyl (C=O) groups is 3. The fourth-order valence-electron chi connectivity index (χ4n) is 2.20. The van der Waals surface area contributed by atoms with E-state index in [9.17, 15) is 14.4 Å². The minimum Gasteiger partial charge on any atom is -0.355 e.